The zero-order valence-corrected chi connectivity index (χ0v) is 16.2. The van der Waals surface area contributed by atoms with E-state index in [0.717, 1.165) is 28.6 Å². The van der Waals surface area contributed by atoms with E-state index in [1.165, 1.54) is 0 Å². The minimum absolute atomic E-state index is 0.254. The summed E-state index contributed by atoms with van der Waals surface area (Å²) >= 11 is 1.16. The van der Waals surface area contributed by atoms with E-state index in [1.54, 1.807) is 31.2 Å². The first-order valence-corrected chi connectivity index (χ1v) is 9.47. The summed E-state index contributed by atoms with van der Waals surface area (Å²) in [5, 5.41) is 11.5. The van der Waals surface area contributed by atoms with Crippen LogP contribution in [-0.4, -0.2) is 31.8 Å². The van der Waals surface area contributed by atoms with E-state index < -0.39 is 11.2 Å². The van der Waals surface area contributed by atoms with Crippen molar-refractivity contribution in [1.82, 2.24) is 14.9 Å². The molecule has 140 valence electrons. The molecular weight excluding hydrogens is 362 g/mol. The molecule has 0 radical (unpaired) electrons. The van der Waals surface area contributed by atoms with Gasteiger partial charge in [0.15, 0.2) is 0 Å². The number of nitrogens with zero attached hydrogens (tertiary/aromatic N) is 2. The van der Waals surface area contributed by atoms with E-state index in [2.05, 4.69) is 10.3 Å². The van der Waals surface area contributed by atoms with Crippen molar-refractivity contribution < 1.29 is 14.7 Å². The molecule has 6 nitrogen and oxygen atoms in total. The Morgan fingerprint density at radius 1 is 1.11 bits per heavy atom. The Morgan fingerprint density at radius 3 is 2.48 bits per heavy atom. The highest BCUT2D eigenvalue weighted by Gasteiger charge is 2.21. The summed E-state index contributed by atoms with van der Waals surface area (Å²) < 4.78 is 1.97. The lowest BCUT2D eigenvalue weighted by Crippen LogP contribution is -2.29. The first-order valence-electron chi connectivity index (χ1n) is 8.59. The van der Waals surface area contributed by atoms with Crippen molar-refractivity contribution in [2.45, 2.75) is 30.0 Å². The summed E-state index contributed by atoms with van der Waals surface area (Å²) in [4.78, 5) is 29.2. The molecule has 3 aromatic rings. The third-order valence-corrected chi connectivity index (χ3v) is 5.50. The second-order valence-electron chi connectivity index (χ2n) is 6.31. The molecule has 2 unspecified atom stereocenters. The highest BCUT2D eigenvalue weighted by Crippen LogP contribution is 2.27. The Labute approximate surface area is 161 Å². The highest BCUT2D eigenvalue weighted by molar-refractivity contribution is 8.00. The number of hydrogen-bond donors (Lipinski definition) is 2. The van der Waals surface area contributed by atoms with E-state index in [4.69, 9.17) is 5.11 Å². The number of thioether (sulfide) groups is 1. The molecule has 1 amide bonds. The molecule has 0 bridgehead atoms. The van der Waals surface area contributed by atoms with Crippen LogP contribution in [0.25, 0.3) is 11.0 Å². The number of para-hydroxylation sites is 2. The van der Waals surface area contributed by atoms with Gasteiger partial charge in [-0.2, -0.15) is 0 Å². The molecule has 0 aliphatic heterocycles. The Morgan fingerprint density at radius 2 is 1.78 bits per heavy atom. The van der Waals surface area contributed by atoms with Crippen LogP contribution in [0, 0.1) is 0 Å². The van der Waals surface area contributed by atoms with Crippen LogP contribution >= 0.6 is 11.8 Å². The Kier molecular flexibility index (Phi) is 5.51. The van der Waals surface area contributed by atoms with Gasteiger partial charge in [0.05, 0.1) is 22.6 Å². The van der Waals surface area contributed by atoms with Crippen LogP contribution in [0.2, 0.25) is 0 Å². The summed E-state index contributed by atoms with van der Waals surface area (Å²) in [5.41, 5.74) is 2.34. The number of nitrogens with one attached hydrogen (secondary N) is 1. The molecule has 27 heavy (non-hydrogen) atoms. The number of aryl methyl sites for hydroxylation is 1. The van der Waals surface area contributed by atoms with Crippen LogP contribution in [0.4, 0.5) is 0 Å². The Bertz CT molecular complexity index is 999. The number of rotatable bonds is 6. The topological polar surface area (TPSA) is 84.2 Å². The van der Waals surface area contributed by atoms with Crippen molar-refractivity contribution in [3.63, 3.8) is 0 Å². The molecule has 1 aromatic heterocycles. The highest BCUT2D eigenvalue weighted by atomic mass is 32.2. The maximum atomic E-state index is 12.8. The number of imidazole rings is 1. The summed E-state index contributed by atoms with van der Waals surface area (Å²) in [5.74, 6) is -0.410. The standard InChI is InChI=1S/C20H21N3O3S/c1-12(18-22-15-9-5-6-10-16(15)23(18)3)21-19(24)14-8-4-7-11-17(14)27-13(2)20(25)26/h4-13H,1-3H3,(H,21,24)(H,25,26). The molecule has 0 spiro atoms. The Hall–Kier alpha value is -2.80. The zero-order valence-electron chi connectivity index (χ0n) is 15.3. The molecule has 3 rings (SSSR count). The monoisotopic (exact) mass is 383 g/mol. The van der Waals surface area contributed by atoms with Crippen LogP contribution in [0.5, 0.6) is 0 Å². The Balaban J connectivity index is 1.82. The van der Waals surface area contributed by atoms with Crippen LogP contribution < -0.4 is 5.32 Å². The van der Waals surface area contributed by atoms with Crippen molar-refractivity contribution in [2.75, 3.05) is 0 Å². The van der Waals surface area contributed by atoms with Gasteiger partial charge in [0.25, 0.3) is 5.91 Å². The summed E-state index contributed by atoms with van der Waals surface area (Å²) in [6.45, 7) is 3.48. The summed E-state index contributed by atoms with van der Waals surface area (Å²) in [6.07, 6.45) is 0. The fourth-order valence-corrected chi connectivity index (χ4v) is 3.81. The van der Waals surface area contributed by atoms with Gasteiger partial charge in [-0.3, -0.25) is 9.59 Å². The fourth-order valence-electron chi connectivity index (χ4n) is 2.89. The van der Waals surface area contributed by atoms with Crippen molar-refractivity contribution in [3.05, 3.63) is 59.9 Å². The van der Waals surface area contributed by atoms with Crippen molar-refractivity contribution in [1.29, 1.82) is 0 Å². The first-order chi connectivity index (χ1) is 12.9. The van der Waals surface area contributed by atoms with Crippen LogP contribution in [-0.2, 0) is 11.8 Å². The van der Waals surface area contributed by atoms with Gasteiger partial charge in [-0.15, -0.1) is 11.8 Å². The van der Waals surface area contributed by atoms with Gasteiger partial charge in [0, 0.05) is 11.9 Å². The largest absolute Gasteiger partial charge is 0.480 e. The number of benzene rings is 2. The number of aliphatic carboxylic acids is 1. The quantitative estimate of drug-likeness (QED) is 0.635. The van der Waals surface area contributed by atoms with E-state index in [1.807, 2.05) is 42.8 Å². The molecule has 2 atom stereocenters. The summed E-state index contributed by atoms with van der Waals surface area (Å²) in [7, 11) is 1.92. The molecule has 2 N–H and O–H groups in total. The molecule has 0 aliphatic carbocycles. The maximum Gasteiger partial charge on any atom is 0.316 e. The molecule has 2 aromatic carbocycles. The molecule has 0 aliphatic rings. The van der Waals surface area contributed by atoms with Gasteiger partial charge in [-0.05, 0) is 38.1 Å². The van der Waals surface area contributed by atoms with Gasteiger partial charge in [-0.25, -0.2) is 4.98 Å². The number of hydrogen-bond acceptors (Lipinski definition) is 4. The second kappa shape index (κ2) is 7.84. The smallest absolute Gasteiger partial charge is 0.316 e. The second-order valence-corrected chi connectivity index (χ2v) is 7.69. The maximum absolute atomic E-state index is 12.8. The number of aromatic nitrogens is 2. The van der Waals surface area contributed by atoms with Crippen LogP contribution in [0.3, 0.4) is 0 Å². The van der Waals surface area contributed by atoms with Crippen LogP contribution in [0.15, 0.2) is 53.4 Å². The molecule has 1 heterocycles. The molecule has 0 fully saturated rings. The number of carbonyl (C=O) groups is 2. The first kappa shape index (κ1) is 19.0. The lowest BCUT2D eigenvalue weighted by atomic mass is 10.2. The number of fused-ring (bicyclic) bond motifs is 1. The van der Waals surface area contributed by atoms with Gasteiger partial charge >= 0.3 is 5.97 Å². The van der Waals surface area contributed by atoms with Gasteiger partial charge < -0.3 is 15.0 Å². The third-order valence-electron chi connectivity index (χ3n) is 4.34. The zero-order chi connectivity index (χ0) is 19.6. The predicted octanol–water partition coefficient (Wildman–Crippen LogP) is 3.63. The van der Waals surface area contributed by atoms with Crippen molar-refractivity contribution in [3.8, 4) is 0 Å². The minimum atomic E-state index is -0.914. The normalized spacial score (nSPS) is 13.3. The number of amides is 1. The van der Waals surface area contributed by atoms with Crippen molar-refractivity contribution >= 4 is 34.7 Å². The number of carbonyl (C=O) groups excluding carboxylic acids is 1. The third kappa shape index (κ3) is 3.98. The molecule has 7 heteroatoms. The summed E-state index contributed by atoms with van der Waals surface area (Å²) in [6, 6.07) is 14.5. The average Bonchev–Trinajstić information content (AvgIpc) is 2.99. The lowest BCUT2D eigenvalue weighted by molar-refractivity contribution is -0.136. The SMILES string of the molecule is CC(Sc1ccccc1C(=O)NC(C)c1nc2ccccc2n1C)C(=O)O. The molecule has 0 saturated heterocycles. The predicted molar refractivity (Wildman–Crippen MR) is 106 cm³/mol. The number of carboxylic acids is 1. The van der Waals surface area contributed by atoms with E-state index in [9.17, 15) is 9.59 Å². The van der Waals surface area contributed by atoms with Gasteiger partial charge in [0.2, 0.25) is 0 Å². The number of carboxylic acid groups (broad SMARTS) is 1. The minimum Gasteiger partial charge on any atom is -0.480 e. The van der Waals surface area contributed by atoms with Gasteiger partial charge in [0.1, 0.15) is 11.1 Å². The molecular formula is C20H21N3O3S. The van der Waals surface area contributed by atoms with Crippen molar-refractivity contribution in [2.24, 2.45) is 7.05 Å². The lowest BCUT2D eigenvalue weighted by Gasteiger charge is -2.16. The average molecular weight is 383 g/mol. The van der Waals surface area contributed by atoms with Crippen LogP contribution in [0.1, 0.15) is 36.1 Å². The van der Waals surface area contributed by atoms with E-state index >= 15 is 0 Å². The van der Waals surface area contributed by atoms with E-state index in [-0.39, 0.29) is 11.9 Å². The van der Waals surface area contributed by atoms with Gasteiger partial charge in [-0.1, -0.05) is 24.3 Å². The fraction of sp³-hybridized carbons (Fsp3) is 0.250. The van der Waals surface area contributed by atoms with E-state index in [0.29, 0.717) is 10.5 Å². The molecule has 0 saturated carbocycles.